The Morgan fingerprint density at radius 3 is 2.70 bits per heavy atom. The van der Waals surface area contributed by atoms with Crippen LogP contribution in [0.15, 0.2) is 0 Å². The molecule has 3 N–H and O–H groups in total. The van der Waals surface area contributed by atoms with Crippen LogP contribution in [0.2, 0.25) is 0 Å². The van der Waals surface area contributed by atoms with E-state index >= 15 is 0 Å². The van der Waals surface area contributed by atoms with Crippen molar-refractivity contribution in [1.82, 2.24) is 9.62 Å². The minimum absolute atomic E-state index is 0. The maximum atomic E-state index is 12.1. The number of carbonyl (C=O) groups excluding carboxylic acids is 1. The molecule has 2 atom stereocenters. The predicted molar refractivity (Wildman–Crippen MR) is 82.3 cm³/mol. The van der Waals surface area contributed by atoms with Gasteiger partial charge in [0.1, 0.15) is 6.04 Å². The average molecular weight is 328 g/mol. The van der Waals surface area contributed by atoms with Crippen molar-refractivity contribution >= 4 is 28.3 Å². The fraction of sp³-hybridized carbons (Fsp3) is 0.917. The fourth-order valence-electron chi connectivity index (χ4n) is 2.25. The van der Waals surface area contributed by atoms with Gasteiger partial charge < -0.3 is 11.1 Å². The monoisotopic (exact) mass is 327 g/mol. The van der Waals surface area contributed by atoms with Gasteiger partial charge in [0.2, 0.25) is 15.9 Å². The third-order valence-electron chi connectivity index (χ3n) is 3.22. The van der Waals surface area contributed by atoms with Crippen LogP contribution in [0.1, 0.15) is 39.5 Å². The summed E-state index contributed by atoms with van der Waals surface area (Å²) >= 11 is 0. The van der Waals surface area contributed by atoms with Crippen LogP contribution in [0.4, 0.5) is 0 Å². The van der Waals surface area contributed by atoms with Crippen molar-refractivity contribution in [2.75, 3.05) is 18.8 Å². The van der Waals surface area contributed by atoms with Crippen molar-refractivity contribution in [2.45, 2.75) is 51.6 Å². The molecule has 8 heteroatoms. The van der Waals surface area contributed by atoms with Gasteiger partial charge >= 0.3 is 0 Å². The lowest BCUT2D eigenvalue weighted by molar-refractivity contribution is -0.124. The molecule has 1 aliphatic heterocycles. The lowest BCUT2D eigenvalue weighted by atomic mass is 10.2. The number of hydrogen-bond acceptors (Lipinski definition) is 4. The Kier molecular flexibility index (Phi) is 8.65. The first-order valence-electron chi connectivity index (χ1n) is 6.91. The van der Waals surface area contributed by atoms with Gasteiger partial charge in [-0.05, 0) is 32.6 Å². The minimum Gasteiger partial charge on any atom is -0.355 e. The molecule has 0 bridgehead atoms. The molecular weight excluding hydrogens is 302 g/mol. The molecular formula is C12H26ClN3O3S. The van der Waals surface area contributed by atoms with Gasteiger partial charge in [-0.3, -0.25) is 4.79 Å². The third kappa shape index (κ3) is 5.55. The normalized spacial score (nSPS) is 21.2. The number of halogens is 1. The summed E-state index contributed by atoms with van der Waals surface area (Å²) in [7, 11) is -3.30. The summed E-state index contributed by atoms with van der Waals surface area (Å²) in [5.74, 6) is -0.0887. The van der Waals surface area contributed by atoms with Crippen molar-refractivity contribution in [1.29, 1.82) is 0 Å². The zero-order valence-corrected chi connectivity index (χ0v) is 13.8. The molecule has 1 aliphatic rings. The molecule has 0 radical (unpaired) electrons. The molecule has 0 aromatic heterocycles. The third-order valence-corrected chi connectivity index (χ3v) is 5.30. The molecule has 0 aromatic carbocycles. The standard InChI is InChI=1S/C12H25N3O3S.ClH/c1-3-9-19(17,18)15-8-4-5-11(15)12(16)14-7-6-10(2)13;/h10-11H,3-9,13H2,1-2H3,(H,14,16);1H. The van der Waals surface area contributed by atoms with Gasteiger partial charge in [0.25, 0.3) is 0 Å². The number of nitrogens with two attached hydrogens (primary N) is 1. The summed E-state index contributed by atoms with van der Waals surface area (Å²) in [6.45, 7) is 4.65. The van der Waals surface area contributed by atoms with E-state index in [1.54, 1.807) is 0 Å². The molecule has 0 aliphatic carbocycles. The largest absolute Gasteiger partial charge is 0.355 e. The molecule has 1 amide bonds. The topological polar surface area (TPSA) is 92.5 Å². The Hall–Kier alpha value is -0.370. The number of nitrogens with zero attached hydrogens (tertiary/aromatic N) is 1. The number of carbonyl (C=O) groups is 1. The van der Waals surface area contributed by atoms with Gasteiger partial charge in [0.05, 0.1) is 5.75 Å². The SMILES string of the molecule is CCCS(=O)(=O)N1CCCC1C(=O)NCCC(C)N.Cl. The van der Waals surface area contributed by atoms with Crippen LogP contribution >= 0.6 is 12.4 Å². The first-order valence-corrected chi connectivity index (χ1v) is 8.52. The second-order valence-electron chi connectivity index (χ2n) is 5.14. The van der Waals surface area contributed by atoms with Crippen LogP contribution in [-0.2, 0) is 14.8 Å². The van der Waals surface area contributed by atoms with Gasteiger partial charge in [-0.15, -0.1) is 12.4 Å². The molecule has 6 nitrogen and oxygen atoms in total. The summed E-state index contributed by atoms with van der Waals surface area (Å²) in [6.07, 6.45) is 2.61. The summed E-state index contributed by atoms with van der Waals surface area (Å²) in [4.78, 5) is 12.0. The van der Waals surface area contributed by atoms with Gasteiger partial charge in [0.15, 0.2) is 0 Å². The van der Waals surface area contributed by atoms with E-state index in [2.05, 4.69) is 5.32 Å². The molecule has 0 spiro atoms. The van der Waals surface area contributed by atoms with Gasteiger partial charge in [0, 0.05) is 19.1 Å². The molecule has 0 aromatic rings. The van der Waals surface area contributed by atoms with Crippen LogP contribution in [-0.4, -0.2) is 49.6 Å². The summed E-state index contributed by atoms with van der Waals surface area (Å²) in [5, 5.41) is 2.78. The molecule has 1 heterocycles. The minimum atomic E-state index is -3.30. The second kappa shape index (κ2) is 8.81. The molecule has 20 heavy (non-hydrogen) atoms. The highest BCUT2D eigenvalue weighted by molar-refractivity contribution is 7.89. The summed E-state index contributed by atoms with van der Waals surface area (Å²) in [6, 6.07) is -0.506. The van der Waals surface area contributed by atoms with Crippen LogP contribution in [0.25, 0.3) is 0 Å². The van der Waals surface area contributed by atoms with E-state index in [1.165, 1.54) is 4.31 Å². The fourth-order valence-corrected chi connectivity index (χ4v) is 4.00. The first-order chi connectivity index (χ1) is 8.88. The van der Waals surface area contributed by atoms with Crippen LogP contribution < -0.4 is 11.1 Å². The highest BCUT2D eigenvalue weighted by Gasteiger charge is 2.37. The van der Waals surface area contributed by atoms with Crippen molar-refractivity contribution < 1.29 is 13.2 Å². The van der Waals surface area contributed by atoms with E-state index in [9.17, 15) is 13.2 Å². The molecule has 1 fully saturated rings. The molecule has 0 saturated carbocycles. The van der Waals surface area contributed by atoms with Crippen molar-refractivity contribution in [3.05, 3.63) is 0 Å². The number of hydrogen-bond donors (Lipinski definition) is 2. The number of amides is 1. The van der Waals surface area contributed by atoms with E-state index in [-0.39, 0.29) is 30.1 Å². The van der Waals surface area contributed by atoms with E-state index in [1.807, 2.05) is 13.8 Å². The van der Waals surface area contributed by atoms with Gasteiger partial charge in [-0.2, -0.15) is 4.31 Å². The second-order valence-corrected chi connectivity index (χ2v) is 7.18. The average Bonchev–Trinajstić information content (AvgIpc) is 2.77. The molecule has 1 saturated heterocycles. The van der Waals surface area contributed by atoms with Gasteiger partial charge in [-0.1, -0.05) is 6.92 Å². The van der Waals surface area contributed by atoms with E-state index < -0.39 is 16.1 Å². The Labute approximate surface area is 127 Å². The van der Waals surface area contributed by atoms with Crippen LogP contribution in [0.5, 0.6) is 0 Å². The zero-order valence-electron chi connectivity index (χ0n) is 12.2. The summed E-state index contributed by atoms with van der Waals surface area (Å²) < 4.78 is 25.5. The van der Waals surface area contributed by atoms with Crippen molar-refractivity contribution in [3.8, 4) is 0 Å². The zero-order chi connectivity index (χ0) is 14.5. The maximum Gasteiger partial charge on any atom is 0.238 e. The van der Waals surface area contributed by atoms with Crippen molar-refractivity contribution in [3.63, 3.8) is 0 Å². The Bertz CT molecular complexity index is 401. The first kappa shape index (κ1) is 19.6. The van der Waals surface area contributed by atoms with E-state index in [0.29, 0.717) is 32.4 Å². The number of rotatable bonds is 7. The molecule has 1 rings (SSSR count). The van der Waals surface area contributed by atoms with E-state index in [4.69, 9.17) is 5.73 Å². The van der Waals surface area contributed by atoms with E-state index in [0.717, 1.165) is 6.42 Å². The Morgan fingerprint density at radius 2 is 2.15 bits per heavy atom. The van der Waals surface area contributed by atoms with Crippen LogP contribution in [0.3, 0.4) is 0 Å². The maximum absolute atomic E-state index is 12.1. The lowest BCUT2D eigenvalue weighted by Gasteiger charge is -2.23. The Morgan fingerprint density at radius 1 is 1.50 bits per heavy atom. The van der Waals surface area contributed by atoms with Crippen molar-refractivity contribution in [2.24, 2.45) is 5.73 Å². The molecule has 120 valence electrons. The number of nitrogens with one attached hydrogen (secondary N) is 1. The smallest absolute Gasteiger partial charge is 0.238 e. The van der Waals surface area contributed by atoms with Crippen LogP contribution in [0, 0.1) is 0 Å². The predicted octanol–water partition coefficient (Wildman–Crippen LogP) is 0.466. The summed E-state index contributed by atoms with van der Waals surface area (Å²) in [5.41, 5.74) is 5.61. The highest BCUT2D eigenvalue weighted by atomic mass is 35.5. The number of sulfonamides is 1. The Balaban J connectivity index is 0.00000361. The molecule has 2 unspecified atom stereocenters. The van der Waals surface area contributed by atoms with Gasteiger partial charge in [-0.25, -0.2) is 8.42 Å². The highest BCUT2D eigenvalue weighted by Crippen LogP contribution is 2.21. The quantitative estimate of drug-likeness (QED) is 0.710. The lowest BCUT2D eigenvalue weighted by Crippen LogP contribution is -2.47.